The molecule has 2 nitrogen and oxygen atoms in total. The lowest BCUT2D eigenvalue weighted by molar-refractivity contribution is 0.0955. The quantitative estimate of drug-likeness (QED) is 0.875. The molecular weight excluding hydrogens is 234 g/mol. The van der Waals surface area contributed by atoms with Gasteiger partial charge in [0.25, 0.3) is 5.91 Å². The summed E-state index contributed by atoms with van der Waals surface area (Å²) in [7, 11) is 0. The predicted molar refractivity (Wildman–Crippen MR) is 80.7 cm³/mol. The van der Waals surface area contributed by atoms with E-state index in [1.807, 2.05) is 24.3 Å². The molecule has 0 aliphatic heterocycles. The zero-order valence-corrected chi connectivity index (χ0v) is 11.9. The molecule has 0 unspecified atom stereocenters. The van der Waals surface area contributed by atoms with Gasteiger partial charge in [0.15, 0.2) is 0 Å². The summed E-state index contributed by atoms with van der Waals surface area (Å²) in [5, 5.41) is 5.18. The molecule has 1 amide bonds. The van der Waals surface area contributed by atoms with E-state index in [1.54, 1.807) is 0 Å². The van der Waals surface area contributed by atoms with Gasteiger partial charge in [-0.15, -0.1) is 0 Å². The smallest absolute Gasteiger partial charge is 0.251 e. The van der Waals surface area contributed by atoms with Crippen molar-refractivity contribution < 1.29 is 4.79 Å². The van der Waals surface area contributed by atoms with Crippen LogP contribution in [0.4, 0.5) is 0 Å². The van der Waals surface area contributed by atoms with E-state index < -0.39 is 0 Å². The van der Waals surface area contributed by atoms with E-state index in [0.29, 0.717) is 5.92 Å². The van der Waals surface area contributed by atoms with Crippen molar-refractivity contribution in [1.82, 2.24) is 5.32 Å². The minimum Gasteiger partial charge on any atom is -0.352 e. The van der Waals surface area contributed by atoms with Crippen LogP contribution in [0.25, 0.3) is 10.8 Å². The summed E-state index contributed by atoms with van der Waals surface area (Å²) >= 11 is 0. The Morgan fingerprint density at radius 2 is 1.79 bits per heavy atom. The molecule has 2 heteroatoms. The molecule has 0 bridgehead atoms. The number of nitrogens with one attached hydrogen (secondary N) is 1. The van der Waals surface area contributed by atoms with Gasteiger partial charge in [-0.05, 0) is 34.7 Å². The van der Waals surface area contributed by atoms with Crippen LogP contribution >= 0.6 is 0 Å². The van der Waals surface area contributed by atoms with Gasteiger partial charge < -0.3 is 5.32 Å². The Kier molecular flexibility index (Phi) is 4.20. The summed E-state index contributed by atoms with van der Waals surface area (Å²) in [5.74, 6) is 0.478. The van der Waals surface area contributed by atoms with Crippen molar-refractivity contribution >= 4 is 16.7 Å². The third kappa shape index (κ3) is 2.78. The number of hydrogen-bond donors (Lipinski definition) is 1. The number of benzene rings is 2. The molecule has 0 spiro atoms. The van der Waals surface area contributed by atoms with Gasteiger partial charge in [0.1, 0.15) is 0 Å². The molecule has 2 aromatic rings. The molecule has 2 aromatic carbocycles. The second-order valence-corrected chi connectivity index (χ2v) is 5.16. The van der Waals surface area contributed by atoms with E-state index in [-0.39, 0.29) is 5.91 Å². The van der Waals surface area contributed by atoms with E-state index in [9.17, 15) is 4.79 Å². The number of hydrogen-bond acceptors (Lipinski definition) is 1. The van der Waals surface area contributed by atoms with Crippen LogP contribution in [0.5, 0.6) is 0 Å². The zero-order valence-electron chi connectivity index (χ0n) is 11.9. The summed E-state index contributed by atoms with van der Waals surface area (Å²) in [5.41, 5.74) is 2.07. The fourth-order valence-corrected chi connectivity index (χ4v) is 2.36. The molecule has 0 aromatic heterocycles. The van der Waals surface area contributed by atoms with E-state index in [2.05, 4.69) is 38.2 Å². The van der Waals surface area contributed by atoms with Gasteiger partial charge in [-0.25, -0.2) is 0 Å². The van der Waals surface area contributed by atoms with E-state index in [1.165, 1.54) is 10.9 Å². The molecule has 0 aliphatic rings. The lowest BCUT2D eigenvalue weighted by Crippen LogP contribution is -2.24. The second kappa shape index (κ2) is 5.87. The molecule has 0 saturated carbocycles. The summed E-state index contributed by atoms with van der Waals surface area (Å²) < 4.78 is 0. The number of rotatable bonds is 4. The SMILES string of the molecule is CCCNC(=O)c1ccc(C(C)C)c2ccccc12. The highest BCUT2D eigenvalue weighted by Crippen LogP contribution is 2.27. The molecule has 0 atom stereocenters. The number of amides is 1. The lowest BCUT2D eigenvalue weighted by Gasteiger charge is -2.13. The minimum atomic E-state index is 0.0216. The highest BCUT2D eigenvalue weighted by atomic mass is 16.1. The second-order valence-electron chi connectivity index (χ2n) is 5.16. The standard InChI is InChI=1S/C17H21NO/c1-4-11-18-17(19)16-10-9-13(12(2)3)14-7-5-6-8-15(14)16/h5-10,12H,4,11H2,1-3H3,(H,18,19). The number of carbonyl (C=O) groups is 1. The molecule has 19 heavy (non-hydrogen) atoms. The Morgan fingerprint density at radius 3 is 2.42 bits per heavy atom. The van der Waals surface area contributed by atoms with Crippen molar-refractivity contribution in [3.63, 3.8) is 0 Å². The van der Waals surface area contributed by atoms with E-state index in [4.69, 9.17) is 0 Å². The first kappa shape index (κ1) is 13.6. The van der Waals surface area contributed by atoms with Gasteiger partial charge in [-0.2, -0.15) is 0 Å². The van der Waals surface area contributed by atoms with Gasteiger partial charge in [0.2, 0.25) is 0 Å². The van der Waals surface area contributed by atoms with Crippen LogP contribution < -0.4 is 5.32 Å². The lowest BCUT2D eigenvalue weighted by atomic mass is 9.93. The Bertz CT molecular complexity index is 587. The molecule has 0 aliphatic carbocycles. The van der Waals surface area contributed by atoms with Crippen molar-refractivity contribution in [1.29, 1.82) is 0 Å². The minimum absolute atomic E-state index is 0.0216. The van der Waals surface area contributed by atoms with Crippen molar-refractivity contribution in [2.75, 3.05) is 6.54 Å². The normalized spacial score (nSPS) is 10.9. The first-order valence-electron chi connectivity index (χ1n) is 6.95. The Morgan fingerprint density at radius 1 is 1.11 bits per heavy atom. The van der Waals surface area contributed by atoms with Crippen LogP contribution in [0.2, 0.25) is 0 Å². The fraction of sp³-hybridized carbons (Fsp3) is 0.353. The Balaban J connectivity index is 2.52. The molecule has 0 fully saturated rings. The molecule has 0 saturated heterocycles. The maximum Gasteiger partial charge on any atom is 0.251 e. The van der Waals surface area contributed by atoms with Crippen molar-refractivity contribution in [2.45, 2.75) is 33.1 Å². The van der Waals surface area contributed by atoms with Gasteiger partial charge in [-0.3, -0.25) is 4.79 Å². The fourth-order valence-electron chi connectivity index (χ4n) is 2.36. The zero-order chi connectivity index (χ0) is 13.8. The maximum atomic E-state index is 12.2. The molecule has 1 N–H and O–H groups in total. The van der Waals surface area contributed by atoms with Gasteiger partial charge in [-0.1, -0.05) is 51.1 Å². The number of carbonyl (C=O) groups excluding carboxylic acids is 1. The first-order chi connectivity index (χ1) is 9.15. The van der Waals surface area contributed by atoms with Crippen LogP contribution in [0.3, 0.4) is 0 Å². The van der Waals surface area contributed by atoms with E-state index >= 15 is 0 Å². The average Bonchev–Trinajstić information content (AvgIpc) is 2.43. The number of fused-ring (bicyclic) bond motifs is 1. The van der Waals surface area contributed by atoms with Crippen LogP contribution in [-0.2, 0) is 0 Å². The Labute approximate surface area is 114 Å². The molecule has 0 radical (unpaired) electrons. The van der Waals surface area contributed by atoms with Gasteiger partial charge in [0, 0.05) is 12.1 Å². The molecule has 100 valence electrons. The highest BCUT2D eigenvalue weighted by molar-refractivity contribution is 6.07. The van der Waals surface area contributed by atoms with Gasteiger partial charge >= 0.3 is 0 Å². The topological polar surface area (TPSA) is 29.1 Å². The third-order valence-electron chi connectivity index (χ3n) is 3.36. The summed E-state index contributed by atoms with van der Waals surface area (Å²) in [6.45, 7) is 7.14. The molecule has 0 heterocycles. The van der Waals surface area contributed by atoms with Crippen molar-refractivity contribution in [3.05, 3.63) is 47.5 Å². The van der Waals surface area contributed by atoms with Crippen molar-refractivity contribution in [2.24, 2.45) is 0 Å². The van der Waals surface area contributed by atoms with Crippen LogP contribution in [0, 0.1) is 0 Å². The predicted octanol–water partition coefficient (Wildman–Crippen LogP) is 4.10. The average molecular weight is 255 g/mol. The van der Waals surface area contributed by atoms with Gasteiger partial charge in [0.05, 0.1) is 0 Å². The summed E-state index contributed by atoms with van der Waals surface area (Å²) in [6.07, 6.45) is 0.952. The van der Waals surface area contributed by atoms with Crippen LogP contribution in [0.15, 0.2) is 36.4 Å². The third-order valence-corrected chi connectivity index (χ3v) is 3.36. The highest BCUT2D eigenvalue weighted by Gasteiger charge is 2.12. The first-order valence-corrected chi connectivity index (χ1v) is 6.95. The molecular formula is C17H21NO. The van der Waals surface area contributed by atoms with E-state index in [0.717, 1.165) is 23.9 Å². The largest absolute Gasteiger partial charge is 0.352 e. The monoisotopic (exact) mass is 255 g/mol. The Hall–Kier alpha value is -1.83. The van der Waals surface area contributed by atoms with Crippen molar-refractivity contribution in [3.8, 4) is 0 Å². The van der Waals surface area contributed by atoms with Crippen LogP contribution in [0.1, 0.15) is 49.0 Å². The molecule has 2 rings (SSSR count). The maximum absolute atomic E-state index is 12.2. The summed E-state index contributed by atoms with van der Waals surface area (Å²) in [6, 6.07) is 12.2. The summed E-state index contributed by atoms with van der Waals surface area (Å²) in [4.78, 5) is 12.2. The van der Waals surface area contributed by atoms with Crippen LogP contribution in [-0.4, -0.2) is 12.5 Å².